The van der Waals surface area contributed by atoms with Crippen molar-refractivity contribution in [3.63, 3.8) is 0 Å². The van der Waals surface area contributed by atoms with Crippen molar-refractivity contribution in [2.45, 2.75) is 38.2 Å². The van der Waals surface area contributed by atoms with Gasteiger partial charge in [-0.1, -0.05) is 12.1 Å². The first kappa shape index (κ1) is 29.2. The number of methoxy groups -OCH3 is 2. The molecule has 0 spiro atoms. The number of hydrogen-bond donors (Lipinski definition) is 3. The molecular formula is C28H31F3N8O3. The van der Waals surface area contributed by atoms with Gasteiger partial charge >= 0.3 is 12.2 Å². The summed E-state index contributed by atoms with van der Waals surface area (Å²) in [7, 11) is 3.33. The molecule has 3 aromatic heterocycles. The van der Waals surface area contributed by atoms with Crippen molar-refractivity contribution in [3.05, 3.63) is 65.7 Å². The van der Waals surface area contributed by atoms with Crippen LogP contribution in [-0.2, 0) is 28.8 Å². The highest BCUT2D eigenvalue weighted by molar-refractivity contribution is 5.99. The van der Waals surface area contributed by atoms with Gasteiger partial charge in [-0.2, -0.15) is 18.3 Å². The number of alkyl halides is 3. The third-order valence-corrected chi connectivity index (χ3v) is 7.22. The van der Waals surface area contributed by atoms with Crippen LogP contribution in [0.3, 0.4) is 0 Å². The third-order valence-electron chi connectivity index (χ3n) is 7.22. The molecule has 1 aliphatic rings. The fraction of sp³-hybridized carbons (Fsp3) is 0.357. The molecule has 0 radical (unpaired) electrons. The summed E-state index contributed by atoms with van der Waals surface area (Å²) in [5.74, 6) is 0.0887. The third kappa shape index (κ3) is 6.15. The summed E-state index contributed by atoms with van der Waals surface area (Å²) in [4.78, 5) is 22.9. The van der Waals surface area contributed by atoms with E-state index in [-0.39, 0.29) is 5.82 Å². The van der Waals surface area contributed by atoms with Crippen molar-refractivity contribution in [3.8, 4) is 11.1 Å². The molecule has 4 N–H and O–H groups in total. The van der Waals surface area contributed by atoms with Crippen LogP contribution in [0.25, 0.3) is 16.6 Å². The fourth-order valence-corrected chi connectivity index (χ4v) is 5.34. The normalized spacial score (nSPS) is 15.8. The Balaban J connectivity index is 1.42. The second-order valence-corrected chi connectivity index (χ2v) is 9.94. The van der Waals surface area contributed by atoms with Crippen molar-refractivity contribution >= 4 is 28.9 Å². The number of fused-ring (bicyclic) bond motifs is 1. The van der Waals surface area contributed by atoms with Gasteiger partial charge in [-0.15, -0.1) is 0 Å². The number of nitrogens with zero attached hydrogens (tertiary/aromatic N) is 5. The SMILES string of the molecule is COCc1c(-c2ccc(NC(=O)Nc3cc(C(F)(F)F)ccn3)cc2)c2c(N)ncnn2c1CN1CCCC1COC. The number of likely N-dealkylation sites (tertiary alicyclic amines) is 1. The molecule has 1 fully saturated rings. The Kier molecular flexibility index (Phi) is 8.56. The lowest BCUT2D eigenvalue weighted by Crippen LogP contribution is -2.33. The maximum absolute atomic E-state index is 13.0. The van der Waals surface area contributed by atoms with Gasteiger partial charge in [0.05, 0.1) is 24.5 Å². The largest absolute Gasteiger partial charge is 0.416 e. The summed E-state index contributed by atoms with van der Waals surface area (Å²) in [6.07, 6.45) is -0.0176. The molecule has 4 heterocycles. The summed E-state index contributed by atoms with van der Waals surface area (Å²) < 4.78 is 51.8. The minimum absolute atomic E-state index is 0.225. The van der Waals surface area contributed by atoms with Crippen LogP contribution in [0.2, 0.25) is 0 Å². The van der Waals surface area contributed by atoms with Crippen LogP contribution in [0.4, 0.5) is 35.3 Å². The molecule has 0 saturated carbocycles. The van der Waals surface area contributed by atoms with Gasteiger partial charge in [-0.25, -0.2) is 19.3 Å². The Hall–Kier alpha value is -4.27. The first-order valence-corrected chi connectivity index (χ1v) is 13.3. The van der Waals surface area contributed by atoms with Gasteiger partial charge in [-0.05, 0) is 49.2 Å². The number of amides is 2. The molecule has 5 rings (SSSR count). The van der Waals surface area contributed by atoms with E-state index in [4.69, 9.17) is 15.2 Å². The van der Waals surface area contributed by atoms with E-state index < -0.39 is 17.8 Å². The monoisotopic (exact) mass is 584 g/mol. The van der Waals surface area contributed by atoms with Crippen LogP contribution in [0.1, 0.15) is 29.7 Å². The van der Waals surface area contributed by atoms with Crippen LogP contribution in [0.15, 0.2) is 48.9 Å². The Bertz CT molecular complexity index is 1560. The van der Waals surface area contributed by atoms with Crippen LogP contribution in [0, 0.1) is 0 Å². The van der Waals surface area contributed by atoms with E-state index in [1.807, 2.05) is 16.6 Å². The number of aromatic nitrogens is 4. The molecule has 1 unspecified atom stereocenters. The number of pyridine rings is 1. The second-order valence-electron chi connectivity index (χ2n) is 9.94. The number of nitrogen functional groups attached to an aromatic ring is 1. The van der Waals surface area contributed by atoms with E-state index in [1.165, 1.54) is 6.33 Å². The highest BCUT2D eigenvalue weighted by atomic mass is 19.4. The number of anilines is 3. The predicted molar refractivity (Wildman–Crippen MR) is 151 cm³/mol. The first-order chi connectivity index (χ1) is 20.2. The number of rotatable bonds is 9. The second kappa shape index (κ2) is 12.3. The maximum atomic E-state index is 13.0. The van der Waals surface area contributed by atoms with Crippen LogP contribution >= 0.6 is 0 Å². The van der Waals surface area contributed by atoms with E-state index >= 15 is 0 Å². The topological polar surface area (TPSA) is 132 Å². The van der Waals surface area contributed by atoms with Crippen molar-refractivity contribution < 1.29 is 27.4 Å². The van der Waals surface area contributed by atoms with Gasteiger partial charge in [0.15, 0.2) is 5.82 Å². The lowest BCUT2D eigenvalue weighted by Gasteiger charge is -2.24. The fourth-order valence-electron chi connectivity index (χ4n) is 5.34. The minimum Gasteiger partial charge on any atom is -0.383 e. The lowest BCUT2D eigenvalue weighted by molar-refractivity contribution is -0.137. The van der Waals surface area contributed by atoms with Gasteiger partial charge in [0.2, 0.25) is 0 Å². The molecule has 1 aromatic carbocycles. The molecule has 2 amide bonds. The number of hydrogen-bond acceptors (Lipinski definition) is 8. The molecule has 4 aromatic rings. The average molecular weight is 585 g/mol. The molecule has 1 aliphatic heterocycles. The predicted octanol–water partition coefficient (Wildman–Crippen LogP) is 4.79. The number of nitrogens with one attached hydrogen (secondary N) is 2. The van der Waals surface area contributed by atoms with Gasteiger partial charge in [0.1, 0.15) is 17.7 Å². The molecule has 14 heteroatoms. The molecular weight excluding hydrogens is 553 g/mol. The van der Waals surface area contributed by atoms with Gasteiger partial charge in [0, 0.05) is 49.8 Å². The smallest absolute Gasteiger partial charge is 0.383 e. The number of benzene rings is 1. The molecule has 0 bridgehead atoms. The van der Waals surface area contributed by atoms with Crippen molar-refractivity contribution in [1.82, 2.24) is 24.5 Å². The summed E-state index contributed by atoms with van der Waals surface area (Å²) in [6.45, 7) is 2.50. The number of urea groups is 1. The number of halogens is 3. The zero-order valence-corrected chi connectivity index (χ0v) is 23.1. The highest BCUT2D eigenvalue weighted by Crippen LogP contribution is 2.37. The van der Waals surface area contributed by atoms with Crippen LogP contribution < -0.4 is 16.4 Å². The Morgan fingerprint density at radius 2 is 1.90 bits per heavy atom. The summed E-state index contributed by atoms with van der Waals surface area (Å²) in [6, 6.07) is 8.14. The number of nitrogens with two attached hydrogens (primary N) is 1. The minimum atomic E-state index is -4.55. The molecule has 42 heavy (non-hydrogen) atoms. The molecule has 11 nitrogen and oxygen atoms in total. The van der Waals surface area contributed by atoms with Crippen LogP contribution in [-0.4, -0.2) is 63.9 Å². The molecule has 222 valence electrons. The Morgan fingerprint density at radius 3 is 2.62 bits per heavy atom. The summed E-state index contributed by atoms with van der Waals surface area (Å²) >= 11 is 0. The van der Waals surface area contributed by atoms with E-state index in [2.05, 4.69) is 30.6 Å². The van der Waals surface area contributed by atoms with Gasteiger partial charge in [-0.3, -0.25) is 10.2 Å². The van der Waals surface area contributed by atoms with Crippen LogP contribution in [0.5, 0.6) is 0 Å². The molecule has 1 saturated heterocycles. The summed E-state index contributed by atoms with van der Waals surface area (Å²) in [5, 5.41) is 9.48. The zero-order valence-electron chi connectivity index (χ0n) is 23.1. The van der Waals surface area contributed by atoms with Gasteiger partial charge < -0.3 is 20.5 Å². The Morgan fingerprint density at radius 1 is 1.12 bits per heavy atom. The van der Waals surface area contributed by atoms with Crippen molar-refractivity contribution in [2.75, 3.05) is 43.7 Å². The van der Waals surface area contributed by atoms with E-state index in [1.54, 1.807) is 26.4 Å². The molecule has 0 aliphatic carbocycles. The molecule has 1 atom stereocenters. The van der Waals surface area contributed by atoms with Crippen molar-refractivity contribution in [2.24, 2.45) is 0 Å². The summed E-state index contributed by atoms with van der Waals surface area (Å²) in [5.41, 5.74) is 10.0. The first-order valence-electron chi connectivity index (χ1n) is 13.3. The van der Waals surface area contributed by atoms with E-state index in [9.17, 15) is 18.0 Å². The maximum Gasteiger partial charge on any atom is 0.416 e. The van der Waals surface area contributed by atoms with E-state index in [0.29, 0.717) is 42.8 Å². The van der Waals surface area contributed by atoms with Gasteiger partial charge in [0.25, 0.3) is 0 Å². The number of ether oxygens (including phenoxy) is 2. The zero-order chi connectivity index (χ0) is 29.9. The lowest BCUT2D eigenvalue weighted by atomic mass is 10.0. The van der Waals surface area contributed by atoms with Crippen molar-refractivity contribution in [1.29, 1.82) is 0 Å². The number of carbonyl (C=O) groups is 1. The number of carbonyl (C=O) groups excluding carboxylic acids is 1. The quantitative estimate of drug-likeness (QED) is 0.256. The van der Waals surface area contributed by atoms with E-state index in [0.717, 1.165) is 60.1 Å². The average Bonchev–Trinajstić information content (AvgIpc) is 3.52. The highest BCUT2D eigenvalue weighted by Gasteiger charge is 2.31. The standard InChI is InChI=1S/C28H31F3N8O3/c1-41-14-20-4-3-11-38(20)13-22-21(15-42-2)24(25-26(32)34-16-35-39(22)25)17-5-7-19(8-6-17)36-27(40)37-23-12-18(9-10-33-23)28(29,30)31/h5-10,12,16,20H,3-4,11,13-15H2,1-2H3,(H2,32,34,35)(H2,33,36,37,40). The Labute approximate surface area is 239 Å².